The van der Waals surface area contributed by atoms with Crippen LogP contribution in [0.25, 0.3) is 0 Å². The van der Waals surface area contributed by atoms with Gasteiger partial charge < -0.3 is 20.1 Å². The molecule has 0 bridgehead atoms. The number of rotatable bonds is 8. The van der Waals surface area contributed by atoms with Crippen molar-refractivity contribution in [3.63, 3.8) is 0 Å². The summed E-state index contributed by atoms with van der Waals surface area (Å²) in [6.07, 6.45) is 3.36. The van der Waals surface area contributed by atoms with Crippen LogP contribution in [0.3, 0.4) is 0 Å². The van der Waals surface area contributed by atoms with Crippen LogP contribution in [0.1, 0.15) is 15.9 Å². The minimum absolute atomic E-state index is 0.148. The van der Waals surface area contributed by atoms with E-state index >= 15 is 0 Å². The van der Waals surface area contributed by atoms with Crippen molar-refractivity contribution in [3.8, 4) is 11.5 Å². The summed E-state index contributed by atoms with van der Waals surface area (Å²) in [6.45, 7) is 0.273. The van der Waals surface area contributed by atoms with E-state index in [1.165, 1.54) is 0 Å². The van der Waals surface area contributed by atoms with E-state index in [2.05, 4.69) is 15.6 Å². The Hall–Kier alpha value is -3.87. The fourth-order valence-corrected chi connectivity index (χ4v) is 2.53. The summed E-state index contributed by atoms with van der Waals surface area (Å²) < 4.78 is 10.6. The van der Waals surface area contributed by atoms with Crippen molar-refractivity contribution < 1.29 is 19.1 Å². The highest BCUT2D eigenvalue weighted by atomic mass is 16.5. The maximum Gasteiger partial charge on any atom is 0.262 e. The van der Waals surface area contributed by atoms with Crippen LogP contribution in [0, 0.1) is 0 Å². The number of anilines is 1. The Kier molecular flexibility index (Phi) is 6.78. The van der Waals surface area contributed by atoms with E-state index in [4.69, 9.17) is 9.47 Å². The average molecular weight is 391 g/mol. The fraction of sp³-hybridized carbons (Fsp3) is 0.136. The van der Waals surface area contributed by atoms with Crippen molar-refractivity contribution in [2.45, 2.75) is 6.54 Å². The molecule has 7 nitrogen and oxygen atoms in total. The number of pyridine rings is 1. The van der Waals surface area contributed by atoms with Gasteiger partial charge in [-0.25, -0.2) is 0 Å². The predicted molar refractivity (Wildman–Crippen MR) is 109 cm³/mol. The lowest BCUT2D eigenvalue weighted by atomic mass is 10.2. The molecule has 0 aliphatic carbocycles. The Morgan fingerprint density at radius 3 is 2.45 bits per heavy atom. The molecule has 0 atom stereocenters. The minimum Gasteiger partial charge on any atom is -0.497 e. The zero-order valence-electron chi connectivity index (χ0n) is 15.9. The predicted octanol–water partition coefficient (Wildman–Crippen LogP) is 3.04. The smallest absolute Gasteiger partial charge is 0.262 e. The molecule has 2 amide bonds. The van der Waals surface area contributed by atoms with Gasteiger partial charge in [0, 0.05) is 36.3 Å². The van der Waals surface area contributed by atoms with Gasteiger partial charge in [0.15, 0.2) is 6.61 Å². The summed E-state index contributed by atoms with van der Waals surface area (Å²) in [4.78, 5) is 28.2. The molecule has 2 N–H and O–H groups in total. The summed E-state index contributed by atoms with van der Waals surface area (Å²) in [5.74, 6) is 0.666. The molecule has 0 saturated carbocycles. The molecule has 2 aromatic carbocycles. The van der Waals surface area contributed by atoms with E-state index in [-0.39, 0.29) is 18.4 Å². The van der Waals surface area contributed by atoms with Gasteiger partial charge in [-0.15, -0.1) is 0 Å². The Labute approximate surface area is 168 Å². The van der Waals surface area contributed by atoms with Gasteiger partial charge in [0.1, 0.15) is 11.5 Å². The van der Waals surface area contributed by atoms with Crippen LogP contribution >= 0.6 is 0 Å². The zero-order valence-corrected chi connectivity index (χ0v) is 15.9. The number of amides is 2. The quantitative estimate of drug-likeness (QED) is 0.616. The highest BCUT2D eigenvalue weighted by Crippen LogP contribution is 2.17. The average Bonchev–Trinajstić information content (AvgIpc) is 2.77. The zero-order chi connectivity index (χ0) is 20.5. The lowest BCUT2D eigenvalue weighted by molar-refractivity contribution is -0.118. The molecule has 7 heteroatoms. The number of hydrogen-bond donors (Lipinski definition) is 2. The molecule has 0 aliphatic rings. The number of methoxy groups -OCH3 is 1. The lowest BCUT2D eigenvalue weighted by Crippen LogP contribution is -2.22. The molecule has 0 unspecified atom stereocenters. The normalized spacial score (nSPS) is 10.1. The fourth-order valence-electron chi connectivity index (χ4n) is 2.53. The molecule has 3 aromatic rings. The Morgan fingerprint density at radius 2 is 1.72 bits per heavy atom. The molecule has 0 saturated heterocycles. The molecular weight excluding hydrogens is 370 g/mol. The summed E-state index contributed by atoms with van der Waals surface area (Å²) in [5, 5.41) is 5.58. The molecule has 3 rings (SSSR count). The van der Waals surface area contributed by atoms with Gasteiger partial charge in [-0.1, -0.05) is 6.07 Å². The maximum absolute atomic E-state index is 12.2. The van der Waals surface area contributed by atoms with Gasteiger partial charge in [0.05, 0.1) is 7.11 Å². The molecular formula is C22H21N3O4. The third-order valence-corrected chi connectivity index (χ3v) is 4.04. The van der Waals surface area contributed by atoms with Crippen LogP contribution in [0.15, 0.2) is 73.1 Å². The number of nitrogens with zero attached hydrogens (tertiary/aromatic N) is 1. The molecule has 1 aromatic heterocycles. The van der Waals surface area contributed by atoms with Crippen LogP contribution in [0.4, 0.5) is 5.69 Å². The number of hydrogen-bond acceptors (Lipinski definition) is 5. The number of benzene rings is 2. The molecule has 148 valence electrons. The Bertz CT molecular complexity index is 959. The third kappa shape index (κ3) is 6.07. The van der Waals surface area contributed by atoms with E-state index < -0.39 is 0 Å². The lowest BCUT2D eigenvalue weighted by Gasteiger charge is -2.09. The highest BCUT2D eigenvalue weighted by Gasteiger charge is 2.08. The second-order valence-electron chi connectivity index (χ2n) is 6.13. The largest absolute Gasteiger partial charge is 0.497 e. The van der Waals surface area contributed by atoms with E-state index in [1.807, 2.05) is 12.1 Å². The van der Waals surface area contributed by atoms with E-state index in [0.717, 1.165) is 5.56 Å². The van der Waals surface area contributed by atoms with Crippen LogP contribution in [0.2, 0.25) is 0 Å². The first-order valence-electron chi connectivity index (χ1n) is 8.98. The first-order chi connectivity index (χ1) is 14.1. The third-order valence-electron chi connectivity index (χ3n) is 4.04. The second kappa shape index (κ2) is 9.89. The molecule has 0 aliphatic heterocycles. The first kappa shape index (κ1) is 19.9. The van der Waals surface area contributed by atoms with E-state index in [0.29, 0.717) is 29.3 Å². The Balaban J connectivity index is 1.47. The number of ether oxygens (including phenoxy) is 2. The summed E-state index contributed by atoms with van der Waals surface area (Å²) in [6, 6.07) is 17.3. The number of carbonyl (C=O) groups excluding carboxylic acids is 2. The molecule has 0 spiro atoms. The molecule has 0 fully saturated rings. The first-order valence-corrected chi connectivity index (χ1v) is 8.98. The maximum atomic E-state index is 12.2. The van der Waals surface area contributed by atoms with Crippen molar-refractivity contribution >= 4 is 17.5 Å². The van der Waals surface area contributed by atoms with Crippen LogP contribution < -0.4 is 20.1 Å². The van der Waals surface area contributed by atoms with Gasteiger partial charge in [-0.2, -0.15) is 0 Å². The highest BCUT2D eigenvalue weighted by molar-refractivity contribution is 5.94. The van der Waals surface area contributed by atoms with Crippen LogP contribution in [-0.2, 0) is 11.3 Å². The number of aromatic nitrogens is 1. The van der Waals surface area contributed by atoms with Crippen molar-refractivity contribution in [1.29, 1.82) is 0 Å². The van der Waals surface area contributed by atoms with Crippen LogP contribution in [0.5, 0.6) is 11.5 Å². The van der Waals surface area contributed by atoms with Crippen molar-refractivity contribution in [2.75, 3.05) is 19.0 Å². The van der Waals surface area contributed by atoms with Gasteiger partial charge in [0.25, 0.3) is 11.8 Å². The summed E-state index contributed by atoms with van der Waals surface area (Å²) in [7, 11) is 1.56. The SMILES string of the molecule is COc1cccc(NC(=O)COc2ccc(C(=O)NCc3ccncc3)cc2)c1. The second-order valence-corrected chi connectivity index (χ2v) is 6.13. The topological polar surface area (TPSA) is 89.5 Å². The van der Waals surface area contributed by atoms with Crippen molar-refractivity contribution in [3.05, 3.63) is 84.2 Å². The van der Waals surface area contributed by atoms with Gasteiger partial charge in [-0.05, 0) is 54.1 Å². The summed E-state index contributed by atoms with van der Waals surface area (Å²) >= 11 is 0. The van der Waals surface area contributed by atoms with Crippen LogP contribution in [-0.4, -0.2) is 30.5 Å². The van der Waals surface area contributed by atoms with Gasteiger partial charge >= 0.3 is 0 Å². The standard InChI is InChI=1S/C22H21N3O4/c1-28-20-4-2-3-18(13-20)25-21(26)15-29-19-7-5-17(6-8-19)22(27)24-14-16-9-11-23-12-10-16/h2-13H,14-15H2,1H3,(H,24,27)(H,25,26). The Morgan fingerprint density at radius 1 is 0.966 bits per heavy atom. The van der Waals surface area contributed by atoms with Gasteiger partial charge in [0.2, 0.25) is 0 Å². The number of nitrogens with one attached hydrogen (secondary N) is 2. The molecule has 29 heavy (non-hydrogen) atoms. The van der Waals surface area contributed by atoms with Crippen molar-refractivity contribution in [1.82, 2.24) is 10.3 Å². The minimum atomic E-state index is -0.294. The monoisotopic (exact) mass is 391 g/mol. The van der Waals surface area contributed by atoms with Gasteiger partial charge in [-0.3, -0.25) is 14.6 Å². The molecule has 0 radical (unpaired) electrons. The van der Waals surface area contributed by atoms with E-state index in [9.17, 15) is 9.59 Å². The van der Waals surface area contributed by atoms with E-state index in [1.54, 1.807) is 68.0 Å². The molecule has 1 heterocycles. The van der Waals surface area contributed by atoms with Crippen molar-refractivity contribution in [2.24, 2.45) is 0 Å². The number of carbonyl (C=O) groups is 2. The summed E-state index contributed by atoms with van der Waals surface area (Å²) in [5.41, 5.74) is 2.10.